The Kier molecular flexibility index (Phi) is 4.32. The molecule has 15 heavy (non-hydrogen) atoms. The Labute approximate surface area is 95.1 Å². The van der Waals surface area contributed by atoms with Crippen LogP contribution in [0, 0.1) is 0 Å². The maximum absolute atomic E-state index is 6.09. The van der Waals surface area contributed by atoms with Crippen LogP contribution in [-0.4, -0.2) is 9.78 Å². The lowest BCUT2D eigenvalue weighted by Crippen LogP contribution is -2.30. The van der Waals surface area contributed by atoms with E-state index in [2.05, 4.69) is 17.1 Å². The number of hydrogen-bond acceptors (Lipinski definition) is 3. The number of nitrogens with zero attached hydrogens (tertiary/aromatic N) is 2. The lowest BCUT2D eigenvalue weighted by atomic mass is 10.1. The topological polar surface area (TPSA) is 55.9 Å². The second kappa shape index (κ2) is 5.30. The average molecular weight is 229 g/mol. The fraction of sp³-hybridized carbons (Fsp3) is 0.500. The van der Waals surface area contributed by atoms with E-state index in [-0.39, 0.29) is 12.1 Å². The fourth-order valence-corrected chi connectivity index (χ4v) is 1.78. The van der Waals surface area contributed by atoms with Crippen LogP contribution in [-0.2, 0) is 0 Å². The smallest absolute Gasteiger partial charge is 0.0834 e. The summed E-state index contributed by atoms with van der Waals surface area (Å²) >= 11 is 6.09. The van der Waals surface area contributed by atoms with Gasteiger partial charge in [-0.3, -0.25) is 16.0 Å². The van der Waals surface area contributed by atoms with Gasteiger partial charge in [0.15, 0.2) is 0 Å². The molecule has 0 radical (unpaired) electrons. The molecule has 1 aromatic heterocycles. The molecule has 0 fully saturated rings. The van der Waals surface area contributed by atoms with Crippen molar-refractivity contribution in [1.82, 2.24) is 15.2 Å². The van der Waals surface area contributed by atoms with Crippen LogP contribution in [0.25, 0.3) is 0 Å². The monoisotopic (exact) mass is 228 g/mol. The summed E-state index contributed by atoms with van der Waals surface area (Å²) < 4.78 is 1.87. The Morgan fingerprint density at radius 1 is 1.73 bits per heavy atom. The van der Waals surface area contributed by atoms with Crippen molar-refractivity contribution in [3.05, 3.63) is 29.6 Å². The highest BCUT2D eigenvalue weighted by Crippen LogP contribution is 2.27. The SMILES string of the molecule is C=CCC(NN)c1c(Cl)cnn1C(C)C. The van der Waals surface area contributed by atoms with Crippen LogP contribution in [0.2, 0.25) is 5.02 Å². The number of hydrogen-bond donors (Lipinski definition) is 2. The number of halogens is 1. The van der Waals surface area contributed by atoms with E-state index in [1.807, 2.05) is 18.5 Å². The van der Waals surface area contributed by atoms with Gasteiger partial charge in [-0.05, 0) is 20.3 Å². The fourth-order valence-electron chi connectivity index (χ4n) is 1.51. The third-order valence-electron chi connectivity index (χ3n) is 2.21. The molecule has 0 aliphatic heterocycles. The summed E-state index contributed by atoms with van der Waals surface area (Å²) in [5, 5.41) is 4.85. The van der Waals surface area contributed by atoms with Crippen LogP contribution < -0.4 is 11.3 Å². The van der Waals surface area contributed by atoms with Gasteiger partial charge in [0.1, 0.15) is 0 Å². The molecule has 4 nitrogen and oxygen atoms in total. The minimum atomic E-state index is -0.0418. The molecule has 0 saturated heterocycles. The van der Waals surface area contributed by atoms with E-state index in [0.717, 1.165) is 5.69 Å². The predicted molar refractivity (Wildman–Crippen MR) is 62.5 cm³/mol. The first-order chi connectivity index (χ1) is 7.11. The molecule has 3 N–H and O–H groups in total. The largest absolute Gasteiger partial charge is 0.271 e. The molecule has 1 unspecified atom stereocenters. The highest BCUT2D eigenvalue weighted by molar-refractivity contribution is 6.31. The van der Waals surface area contributed by atoms with Gasteiger partial charge >= 0.3 is 0 Å². The molecule has 0 bridgehead atoms. The number of rotatable bonds is 5. The summed E-state index contributed by atoms with van der Waals surface area (Å²) in [5.41, 5.74) is 3.64. The van der Waals surface area contributed by atoms with Crippen molar-refractivity contribution in [2.24, 2.45) is 5.84 Å². The Morgan fingerprint density at radius 2 is 2.40 bits per heavy atom. The summed E-state index contributed by atoms with van der Waals surface area (Å²) in [5.74, 6) is 5.49. The third kappa shape index (κ3) is 2.59. The molecule has 0 saturated carbocycles. The summed E-state index contributed by atoms with van der Waals surface area (Å²) in [6, 6.07) is 0.216. The molecule has 1 heterocycles. The van der Waals surface area contributed by atoms with Crippen molar-refractivity contribution in [2.75, 3.05) is 0 Å². The van der Waals surface area contributed by atoms with Gasteiger partial charge in [0.2, 0.25) is 0 Å². The average Bonchev–Trinajstić information content (AvgIpc) is 2.57. The first-order valence-corrected chi connectivity index (χ1v) is 5.29. The van der Waals surface area contributed by atoms with Gasteiger partial charge in [0.05, 0.1) is 23.0 Å². The molecule has 0 amide bonds. The maximum Gasteiger partial charge on any atom is 0.0834 e. The Bertz CT molecular complexity index is 332. The number of aromatic nitrogens is 2. The van der Waals surface area contributed by atoms with Crippen LogP contribution in [0.15, 0.2) is 18.9 Å². The molecule has 1 rings (SSSR count). The summed E-state index contributed by atoms with van der Waals surface area (Å²) in [7, 11) is 0. The van der Waals surface area contributed by atoms with E-state index in [1.54, 1.807) is 12.3 Å². The van der Waals surface area contributed by atoms with Crippen molar-refractivity contribution >= 4 is 11.6 Å². The minimum Gasteiger partial charge on any atom is -0.271 e. The third-order valence-corrected chi connectivity index (χ3v) is 2.50. The zero-order chi connectivity index (χ0) is 11.4. The van der Waals surface area contributed by atoms with Gasteiger partial charge in [-0.15, -0.1) is 6.58 Å². The van der Waals surface area contributed by atoms with Crippen molar-refractivity contribution in [1.29, 1.82) is 0 Å². The molecular formula is C10H17ClN4. The van der Waals surface area contributed by atoms with E-state index >= 15 is 0 Å². The molecule has 1 atom stereocenters. The van der Waals surface area contributed by atoms with Crippen LogP contribution in [0.5, 0.6) is 0 Å². The molecule has 0 aromatic carbocycles. The van der Waals surface area contributed by atoms with Gasteiger partial charge in [0, 0.05) is 6.04 Å². The normalized spacial score (nSPS) is 13.1. The van der Waals surface area contributed by atoms with Gasteiger partial charge < -0.3 is 0 Å². The van der Waals surface area contributed by atoms with Crippen LogP contribution >= 0.6 is 11.6 Å². The molecule has 0 spiro atoms. The molecule has 0 aliphatic rings. The molecule has 0 aliphatic carbocycles. The van der Waals surface area contributed by atoms with Crippen LogP contribution in [0.4, 0.5) is 0 Å². The van der Waals surface area contributed by atoms with E-state index in [4.69, 9.17) is 17.4 Å². The van der Waals surface area contributed by atoms with Gasteiger partial charge in [-0.25, -0.2) is 0 Å². The predicted octanol–water partition coefficient (Wildman–Crippen LogP) is 2.20. The van der Waals surface area contributed by atoms with E-state index in [9.17, 15) is 0 Å². The van der Waals surface area contributed by atoms with Crippen LogP contribution in [0.3, 0.4) is 0 Å². The second-order valence-corrected chi connectivity index (χ2v) is 4.07. The van der Waals surface area contributed by atoms with E-state index in [0.29, 0.717) is 11.4 Å². The lowest BCUT2D eigenvalue weighted by Gasteiger charge is -2.18. The second-order valence-electron chi connectivity index (χ2n) is 3.66. The van der Waals surface area contributed by atoms with Crippen molar-refractivity contribution in [2.45, 2.75) is 32.4 Å². The van der Waals surface area contributed by atoms with Gasteiger partial charge in [0.25, 0.3) is 0 Å². The number of hydrazine groups is 1. The number of nitrogens with one attached hydrogen (secondary N) is 1. The Balaban J connectivity index is 3.08. The number of nitrogens with two attached hydrogens (primary N) is 1. The summed E-state index contributed by atoms with van der Waals surface area (Å²) in [4.78, 5) is 0. The highest BCUT2D eigenvalue weighted by atomic mass is 35.5. The lowest BCUT2D eigenvalue weighted by molar-refractivity contribution is 0.451. The van der Waals surface area contributed by atoms with E-state index < -0.39 is 0 Å². The summed E-state index contributed by atoms with van der Waals surface area (Å²) in [6.07, 6.45) is 4.16. The zero-order valence-electron chi connectivity index (χ0n) is 9.07. The summed E-state index contributed by atoms with van der Waals surface area (Å²) in [6.45, 7) is 7.79. The van der Waals surface area contributed by atoms with Crippen molar-refractivity contribution < 1.29 is 0 Å². The minimum absolute atomic E-state index is 0.0418. The van der Waals surface area contributed by atoms with Gasteiger partial charge in [-0.1, -0.05) is 17.7 Å². The molecule has 84 valence electrons. The van der Waals surface area contributed by atoms with Gasteiger partial charge in [-0.2, -0.15) is 5.10 Å². The molecular weight excluding hydrogens is 212 g/mol. The van der Waals surface area contributed by atoms with Crippen molar-refractivity contribution in [3.63, 3.8) is 0 Å². The maximum atomic E-state index is 6.09. The highest BCUT2D eigenvalue weighted by Gasteiger charge is 2.19. The first-order valence-electron chi connectivity index (χ1n) is 4.91. The molecule has 1 aromatic rings. The van der Waals surface area contributed by atoms with E-state index in [1.165, 1.54) is 0 Å². The van der Waals surface area contributed by atoms with Crippen molar-refractivity contribution in [3.8, 4) is 0 Å². The Hall–Kier alpha value is -0.840. The first kappa shape index (κ1) is 12.2. The molecule has 5 heteroatoms. The van der Waals surface area contributed by atoms with Crippen LogP contribution in [0.1, 0.15) is 38.0 Å². The quantitative estimate of drug-likeness (QED) is 0.462. The standard InChI is InChI=1S/C10H17ClN4/c1-4-5-9(14-12)10-8(11)6-13-15(10)7(2)3/h4,6-7,9,14H,1,5,12H2,2-3H3. The zero-order valence-corrected chi connectivity index (χ0v) is 9.83. The Morgan fingerprint density at radius 3 is 2.87 bits per heavy atom.